The molecule has 0 atom stereocenters. The molecule has 7 heteroatoms. The minimum Gasteiger partial charge on any atom is -0.478 e. The molecule has 1 aromatic rings. The third kappa shape index (κ3) is 3.18. The Kier molecular flexibility index (Phi) is 4.66. The molecule has 0 heterocycles. The van der Waals surface area contributed by atoms with Crippen molar-refractivity contribution in [2.24, 2.45) is 0 Å². The van der Waals surface area contributed by atoms with Gasteiger partial charge >= 0.3 is 5.97 Å². The zero-order valence-electron chi connectivity index (χ0n) is 9.60. The normalized spacial score (nSPS) is 11.2. The number of aryl methyl sites for hydroxylation is 1. The summed E-state index contributed by atoms with van der Waals surface area (Å²) in [5, 5.41) is 8.92. The molecule has 0 fully saturated rings. The molecule has 18 heavy (non-hydrogen) atoms. The lowest BCUT2D eigenvalue weighted by molar-refractivity contribution is 0.0696. The fourth-order valence-electron chi connectivity index (χ4n) is 1.30. The smallest absolute Gasteiger partial charge is 0.335 e. The van der Waals surface area contributed by atoms with Gasteiger partial charge in [-0.1, -0.05) is 6.08 Å². The molecule has 1 aromatic carbocycles. The summed E-state index contributed by atoms with van der Waals surface area (Å²) in [5.74, 6) is -1.18. The van der Waals surface area contributed by atoms with Gasteiger partial charge in [-0.3, -0.25) is 0 Å². The van der Waals surface area contributed by atoms with Crippen molar-refractivity contribution in [1.29, 1.82) is 0 Å². The zero-order chi connectivity index (χ0) is 13.9. The fourth-order valence-corrected chi connectivity index (χ4v) is 3.34. The van der Waals surface area contributed by atoms with Crippen molar-refractivity contribution in [1.82, 2.24) is 4.72 Å². The van der Waals surface area contributed by atoms with Gasteiger partial charge in [0.15, 0.2) is 0 Å². The number of nitrogens with one attached hydrogen (secondary N) is 1. The SMILES string of the molecule is C=CCNS(=O)(=O)c1cc(C(=O)O)cc(C)c1Br. The number of hydrogen-bond donors (Lipinski definition) is 2. The summed E-state index contributed by atoms with van der Waals surface area (Å²) in [4.78, 5) is 10.8. The summed E-state index contributed by atoms with van der Waals surface area (Å²) in [6, 6.07) is 2.52. The van der Waals surface area contributed by atoms with E-state index in [0.29, 0.717) is 10.0 Å². The van der Waals surface area contributed by atoms with Crippen molar-refractivity contribution >= 4 is 31.9 Å². The second kappa shape index (κ2) is 5.64. The molecule has 0 saturated heterocycles. The van der Waals surface area contributed by atoms with Gasteiger partial charge in [0.1, 0.15) is 0 Å². The fraction of sp³-hybridized carbons (Fsp3) is 0.182. The number of benzene rings is 1. The van der Waals surface area contributed by atoms with Crippen LogP contribution in [0, 0.1) is 6.92 Å². The van der Waals surface area contributed by atoms with Gasteiger partial charge in [-0.15, -0.1) is 6.58 Å². The van der Waals surface area contributed by atoms with Gasteiger partial charge in [-0.2, -0.15) is 0 Å². The van der Waals surface area contributed by atoms with Crippen LogP contribution in [0.1, 0.15) is 15.9 Å². The van der Waals surface area contributed by atoms with Crippen molar-refractivity contribution in [2.45, 2.75) is 11.8 Å². The molecule has 0 radical (unpaired) electrons. The van der Waals surface area contributed by atoms with E-state index in [1.807, 2.05) is 0 Å². The van der Waals surface area contributed by atoms with Crippen LogP contribution in [0.5, 0.6) is 0 Å². The molecule has 1 rings (SSSR count). The van der Waals surface area contributed by atoms with Crippen molar-refractivity contribution < 1.29 is 18.3 Å². The number of rotatable bonds is 5. The van der Waals surface area contributed by atoms with Crippen LogP contribution in [0.25, 0.3) is 0 Å². The molecular formula is C11H12BrNO4S. The van der Waals surface area contributed by atoms with Gasteiger partial charge in [0.2, 0.25) is 10.0 Å². The van der Waals surface area contributed by atoms with Gasteiger partial charge in [0.05, 0.1) is 10.5 Å². The van der Waals surface area contributed by atoms with Gasteiger partial charge < -0.3 is 5.11 Å². The first kappa shape index (κ1) is 14.9. The molecule has 0 saturated carbocycles. The maximum absolute atomic E-state index is 12.0. The Bertz CT molecular complexity index is 595. The number of carboxylic acid groups (broad SMARTS) is 1. The van der Waals surface area contributed by atoms with Crippen LogP contribution in [0.3, 0.4) is 0 Å². The minimum absolute atomic E-state index is 0.0744. The second-order valence-electron chi connectivity index (χ2n) is 3.55. The maximum atomic E-state index is 12.0. The second-order valence-corrected chi connectivity index (χ2v) is 6.08. The summed E-state index contributed by atoms with van der Waals surface area (Å²) in [6.45, 7) is 5.11. The van der Waals surface area contributed by atoms with Gasteiger partial charge in [0.25, 0.3) is 0 Å². The van der Waals surface area contributed by atoms with E-state index in [1.165, 1.54) is 12.1 Å². The van der Waals surface area contributed by atoms with Crippen molar-refractivity contribution in [2.75, 3.05) is 6.54 Å². The number of carboxylic acids is 1. The predicted molar refractivity (Wildman–Crippen MR) is 71.2 cm³/mol. The Balaban J connectivity index is 3.39. The molecule has 0 bridgehead atoms. The molecule has 0 aromatic heterocycles. The highest BCUT2D eigenvalue weighted by Gasteiger charge is 2.20. The van der Waals surface area contributed by atoms with Gasteiger partial charge in [-0.25, -0.2) is 17.9 Å². The third-order valence-electron chi connectivity index (χ3n) is 2.18. The molecule has 0 aliphatic carbocycles. The van der Waals surface area contributed by atoms with E-state index >= 15 is 0 Å². The summed E-state index contributed by atoms with van der Waals surface area (Å²) in [6.07, 6.45) is 1.40. The average molecular weight is 334 g/mol. The largest absolute Gasteiger partial charge is 0.478 e. The van der Waals surface area contributed by atoms with Crippen LogP contribution in [-0.2, 0) is 10.0 Å². The molecule has 0 unspecified atom stereocenters. The third-order valence-corrected chi connectivity index (χ3v) is 4.94. The molecule has 98 valence electrons. The van der Waals surface area contributed by atoms with E-state index in [-0.39, 0.29) is 17.0 Å². The summed E-state index contributed by atoms with van der Waals surface area (Å²) >= 11 is 3.15. The van der Waals surface area contributed by atoms with E-state index in [2.05, 4.69) is 27.2 Å². The van der Waals surface area contributed by atoms with Gasteiger partial charge in [0, 0.05) is 11.0 Å². The van der Waals surface area contributed by atoms with E-state index < -0.39 is 16.0 Å². The average Bonchev–Trinajstić information content (AvgIpc) is 2.29. The highest BCUT2D eigenvalue weighted by atomic mass is 79.9. The predicted octanol–water partition coefficient (Wildman–Crippen LogP) is 1.92. The number of sulfonamides is 1. The molecule has 0 aliphatic heterocycles. The summed E-state index contributed by atoms with van der Waals surface area (Å²) < 4.78 is 26.6. The minimum atomic E-state index is -3.76. The van der Waals surface area contributed by atoms with Crippen LogP contribution >= 0.6 is 15.9 Å². The lowest BCUT2D eigenvalue weighted by atomic mass is 10.1. The molecular weight excluding hydrogens is 322 g/mol. The summed E-state index contributed by atoms with van der Waals surface area (Å²) in [7, 11) is -3.76. The monoisotopic (exact) mass is 333 g/mol. The van der Waals surface area contributed by atoms with Crippen LogP contribution in [0.4, 0.5) is 0 Å². The first-order valence-electron chi connectivity index (χ1n) is 4.93. The van der Waals surface area contributed by atoms with E-state index in [0.717, 1.165) is 6.07 Å². The number of hydrogen-bond acceptors (Lipinski definition) is 3. The van der Waals surface area contributed by atoms with Crippen molar-refractivity contribution in [3.63, 3.8) is 0 Å². The standard InChI is InChI=1S/C11H12BrNO4S/c1-3-4-13-18(16,17)9-6-8(11(14)15)5-7(2)10(9)12/h3,5-6,13H,1,4H2,2H3,(H,14,15). The zero-order valence-corrected chi connectivity index (χ0v) is 12.0. The highest BCUT2D eigenvalue weighted by molar-refractivity contribution is 9.10. The first-order valence-corrected chi connectivity index (χ1v) is 7.21. The Morgan fingerprint density at radius 3 is 2.67 bits per heavy atom. The summed E-state index contributed by atoms with van der Waals surface area (Å²) in [5.41, 5.74) is 0.462. The molecule has 5 nitrogen and oxygen atoms in total. The van der Waals surface area contributed by atoms with Crippen LogP contribution in [-0.4, -0.2) is 26.0 Å². The van der Waals surface area contributed by atoms with Gasteiger partial charge in [-0.05, 0) is 40.5 Å². The molecule has 0 amide bonds. The number of carbonyl (C=O) groups is 1. The Morgan fingerprint density at radius 2 is 2.17 bits per heavy atom. The van der Waals surface area contributed by atoms with Crippen molar-refractivity contribution in [3.8, 4) is 0 Å². The van der Waals surface area contributed by atoms with Crippen LogP contribution in [0.2, 0.25) is 0 Å². The Morgan fingerprint density at radius 1 is 1.56 bits per heavy atom. The molecule has 0 aliphatic rings. The Hall–Kier alpha value is -1.18. The number of aromatic carboxylic acids is 1. The van der Waals surface area contributed by atoms with Crippen LogP contribution < -0.4 is 4.72 Å². The van der Waals surface area contributed by atoms with Crippen LogP contribution in [0.15, 0.2) is 34.2 Å². The maximum Gasteiger partial charge on any atom is 0.335 e. The first-order chi connectivity index (χ1) is 8.29. The van der Waals surface area contributed by atoms with Crippen molar-refractivity contribution in [3.05, 3.63) is 40.4 Å². The molecule has 0 spiro atoms. The lowest BCUT2D eigenvalue weighted by Crippen LogP contribution is -2.24. The van der Waals surface area contributed by atoms with E-state index in [9.17, 15) is 13.2 Å². The molecule has 2 N–H and O–H groups in total. The topological polar surface area (TPSA) is 83.5 Å². The quantitative estimate of drug-likeness (QED) is 0.806. The van der Waals surface area contributed by atoms with E-state index in [4.69, 9.17) is 5.11 Å². The highest BCUT2D eigenvalue weighted by Crippen LogP contribution is 2.27. The number of halogens is 1. The lowest BCUT2D eigenvalue weighted by Gasteiger charge is -2.10. The Labute approximate surface area is 114 Å². The van der Waals surface area contributed by atoms with E-state index in [1.54, 1.807) is 6.92 Å².